The Morgan fingerprint density at radius 3 is 1.46 bits per heavy atom. The summed E-state index contributed by atoms with van der Waals surface area (Å²) in [6, 6.07) is 14.5. The van der Waals surface area contributed by atoms with Crippen LogP contribution in [-0.2, 0) is 75.2 Å². The van der Waals surface area contributed by atoms with E-state index in [0.29, 0.717) is 37.2 Å². The maximum Gasteiger partial charge on any atom is 0.326 e. The molecule has 6 atom stereocenters. The average Bonchev–Trinajstić information content (AvgIpc) is 0.841. The van der Waals surface area contributed by atoms with E-state index in [9.17, 15) is 92.7 Å². The Morgan fingerprint density at radius 1 is 0.467 bits per heavy atom. The maximum atomic E-state index is 14.4. The fraction of sp³-hybridized carbons (Fsp3) is 0.589. The molecule has 1 saturated carbocycles. The number of primary amides is 1. The van der Waals surface area contributed by atoms with Crippen LogP contribution in [0.15, 0.2) is 66.7 Å². The Kier molecular flexibility index (Phi) is 36.7. The van der Waals surface area contributed by atoms with Crippen molar-refractivity contribution in [3.05, 3.63) is 83.4 Å². The number of hydrogen-bond acceptors (Lipinski definition) is 18. The molecule has 0 aromatic heterocycles. The minimum atomic E-state index is -1.58. The zero-order valence-corrected chi connectivity index (χ0v) is 60.2. The lowest BCUT2D eigenvalue weighted by molar-refractivity contribution is -0.141. The van der Waals surface area contributed by atoms with Crippen LogP contribution in [0.5, 0.6) is 0 Å². The molecule has 3 aromatic carbocycles. The summed E-state index contributed by atoms with van der Waals surface area (Å²) < 4.78 is 0. The van der Waals surface area contributed by atoms with Crippen molar-refractivity contribution >= 4 is 93.8 Å². The van der Waals surface area contributed by atoms with Gasteiger partial charge in [-0.3, -0.25) is 72.3 Å². The molecule has 2 fully saturated rings. The van der Waals surface area contributed by atoms with Gasteiger partial charge in [-0.25, -0.2) is 14.4 Å². The third-order valence-corrected chi connectivity index (χ3v) is 18.9. The van der Waals surface area contributed by atoms with Crippen molar-refractivity contribution in [3.63, 3.8) is 0 Å². The Hall–Kier alpha value is -9.66. The molecule has 15 N–H and O–H groups in total. The van der Waals surface area contributed by atoms with Gasteiger partial charge in [0.2, 0.25) is 35.4 Å². The number of nitrogens with two attached hydrogens (primary N) is 1. The van der Waals surface area contributed by atoms with Crippen LogP contribution in [0.2, 0.25) is 0 Å². The summed E-state index contributed by atoms with van der Waals surface area (Å²) in [5, 5.41) is 77.7. The number of fused-ring (bicyclic) bond motifs is 1. The highest BCUT2D eigenvalue weighted by Gasteiger charge is 2.33. The number of carbonyl (C=O) groups is 14. The Bertz CT molecular complexity index is 3410. The molecule has 1 saturated heterocycles. The molecule has 0 bridgehead atoms. The number of Topliss-reactive ketones (excluding diaryl/α,β-unsaturated/α-hetero) is 1. The number of amides is 8. The van der Waals surface area contributed by atoms with Gasteiger partial charge in [0.05, 0.1) is 38.5 Å². The molecule has 6 unspecified atom stereocenters. The summed E-state index contributed by atoms with van der Waals surface area (Å²) in [6.07, 6.45) is 2.46. The number of carboxylic acid groups (broad SMARTS) is 6. The second kappa shape index (κ2) is 44.9. The lowest BCUT2D eigenvalue weighted by Gasteiger charge is -2.33. The molecule has 5 rings (SSSR count). The highest BCUT2D eigenvalue weighted by atomic mass is 16.4. The fourth-order valence-corrected chi connectivity index (χ4v) is 12.9. The first-order valence-corrected chi connectivity index (χ1v) is 36.0. The SMILES string of the molecule is CC(C)Cc1ccc(C(C)C(=O)NC(CC(N)=O)C(=O)NCCCCC(NC(=O)CN2CCN(CC(=O)O)CCN(CC(=O)O)CCN(CC(=O)O)CC2)C(=O)NCC2CCC(C(=O)CC(Cc3ccc4ccccc4c3)C(=O)NCCCCC(NC(=O)NC(CCC(=O)O)C(=O)O)C(=O)O)CC2)cc1. The number of carboxylic acids is 6. The molecule has 1 heterocycles. The second-order valence-corrected chi connectivity index (χ2v) is 27.8. The number of nitrogens with one attached hydrogen (secondary N) is 7. The Morgan fingerprint density at radius 2 is 0.952 bits per heavy atom. The summed E-state index contributed by atoms with van der Waals surface area (Å²) in [5.41, 5.74) is 8.16. The van der Waals surface area contributed by atoms with E-state index in [4.69, 9.17) is 10.8 Å². The van der Waals surface area contributed by atoms with Gasteiger partial charge in [-0.15, -0.1) is 0 Å². The zero-order chi connectivity index (χ0) is 77.1. The normalized spacial score (nSPS) is 17.5. The lowest BCUT2D eigenvalue weighted by Crippen LogP contribution is -2.52. The van der Waals surface area contributed by atoms with E-state index in [1.807, 2.05) is 66.7 Å². The van der Waals surface area contributed by atoms with E-state index in [-0.39, 0.29) is 161 Å². The number of benzene rings is 3. The van der Waals surface area contributed by atoms with Gasteiger partial charge in [0, 0.05) is 96.7 Å². The highest BCUT2D eigenvalue weighted by molar-refractivity contribution is 5.94. The van der Waals surface area contributed by atoms with Crippen LogP contribution in [0.25, 0.3) is 10.8 Å². The quantitative estimate of drug-likeness (QED) is 0.0359. The third kappa shape index (κ3) is 32.9. The summed E-state index contributed by atoms with van der Waals surface area (Å²) in [5.74, 6) is -12.7. The Labute approximate surface area is 610 Å². The minimum Gasteiger partial charge on any atom is -0.481 e. The number of unbranched alkanes of at least 4 members (excludes halogenated alkanes) is 2. The molecule has 32 nitrogen and oxygen atoms in total. The van der Waals surface area contributed by atoms with E-state index in [1.54, 1.807) is 26.5 Å². The number of aliphatic carboxylic acids is 6. The molecular weight excluding hydrogens is 1360 g/mol. The molecule has 1 aliphatic heterocycles. The summed E-state index contributed by atoms with van der Waals surface area (Å²) >= 11 is 0. The molecule has 105 heavy (non-hydrogen) atoms. The zero-order valence-electron chi connectivity index (χ0n) is 60.2. The molecule has 0 spiro atoms. The number of carbonyl (C=O) groups excluding carboxylic acids is 8. The van der Waals surface area contributed by atoms with Crippen LogP contribution in [0.4, 0.5) is 4.79 Å². The van der Waals surface area contributed by atoms with E-state index in [2.05, 4.69) is 51.1 Å². The van der Waals surface area contributed by atoms with Gasteiger partial charge in [0.25, 0.3) is 0 Å². The standard InChI is InChI=1S/C73H106N12O20/c1-46(2)36-48-14-19-51(20-15-48)47(3)67(97)79-59(40-61(74)87)70(100)76-27-8-6-12-56(78-62(88)42-82-28-30-83(43-64(91)92)32-34-85(45-66(95)96)35-33-84(31-29-82)44-65(93)94)69(99)77-41-49-16-22-53(23-17-49)60(86)39-55(38-50-18-21-52-10-4-5-11-54(52)37-50)68(98)75-26-9-7-13-57(71(101)102)80-73(105)81-58(72(103)104)24-25-63(89)90/h4-5,10-11,14-15,18-21,37,46-47,49,53,55-59H,6-9,12-13,16-17,22-36,38-45H2,1-3H3,(H2,74,87)(H,75,98)(H,76,100)(H,77,99)(H,78,88)(H,79,97)(H,89,90)(H,91,92)(H,93,94)(H,95,96)(H,101,102)(H,103,104)(H2,80,81,105). The van der Waals surface area contributed by atoms with Crippen LogP contribution < -0.4 is 43.0 Å². The predicted molar refractivity (Wildman–Crippen MR) is 384 cm³/mol. The first-order valence-electron chi connectivity index (χ1n) is 36.0. The van der Waals surface area contributed by atoms with E-state index < -0.39 is 138 Å². The van der Waals surface area contributed by atoms with Crippen molar-refractivity contribution in [2.45, 2.75) is 154 Å². The first-order chi connectivity index (χ1) is 49.9. The van der Waals surface area contributed by atoms with E-state index >= 15 is 0 Å². The molecular formula is C73H106N12O20. The van der Waals surface area contributed by atoms with Gasteiger partial charge in [-0.1, -0.05) is 80.6 Å². The van der Waals surface area contributed by atoms with Crippen molar-refractivity contribution in [3.8, 4) is 0 Å². The molecule has 1 aliphatic carbocycles. The van der Waals surface area contributed by atoms with Crippen molar-refractivity contribution in [1.29, 1.82) is 0 Å². The topological polar surface area (TPSA) is 484 Å². The minimum absolute atomic E-state index is 0.0408. The highest BCUT2D eigenvalue weighted by Crippen LogP contribution is 2.32. The number of urea groups is 1. The van der Waals surface area contributed by atoms with E-state index in [1.165, 1.54) is 0 Å². The van der Waals surface area contributed by atoms with Crippen LogP contribution in [0.1, 0.15) is 133 Å². The third-order valence-electron chi connectivity index (χ3n) is 18.9. The van der Waals surface area contributed by atoms with Crippen molar-refractivity contribution in [2.75, 3.05) is 98.2 Å². The van der Waals surface area contributed by atoms with Crippen molar-refractivity contribution in [1.82, 2.24) is 56.8 Å². The van der Waals surface area contributed by atoms with Gasteiger partial charge in [-0.2, -0.15) is 0 Å². The summed E-state index contributed by atoms with van der Waals surface area (Å²) in [6.45, 7) is 5.95. The van der Waals surface area contributed by atoms with Crippen molar-refractivity contribution in [2.24, 2.45) is 29.4 Å². The summed E-state index contributed by atoms with van der Waals surface area (Å²) in [7, 11) is 0. The van der Waals surface area contributed by atoms with Gasteiger partial charge in [0.15, 0.2) is 0 Å². The molecule has 32 heteroatoms. The number of hydrogen-bond donors (Lipinski definition) is 14. The van der Waals surface area contributed by atoms with Gasteiger partial charge in [-0.05, 0) is 130 Å². The summed E-state index contributed by atoms with van der Waals surface area (Å²) in [4.78, 5) is 186. The molecule has 8 amide bonds. The lowest BCUT2D eigenvalue weighted by atomic mass is 9.77. The van der Waals surface area contributed by atoms with Crippen LogP contribution in [0.3, 0.4) is 0 Å². The molecule has 578 valence electrons. The first kappa shape index (κ1) is 86.0. The van der Waals surface area contributed by atoms with Crippen molar-refractivity contribution < 1.29 is 97.8 Å². The van der Waals surface area contributed by atoms with Crippen LogP contribution >= 0.6 is 0 Å². The Balaban J connectivity index is 1.24. The molecule has 3 aromatic rings. The van der Waals surface area contributed by atoms with Gasteiger partial charge < -0.3 is 73.6 Å². The molecule has 0 radical (unpaired) electrons. The maximum absolute atomic E-state index is 14.4. The predicted octanol–water partition coefficient (Wildman–Crippen LogP) is 1.85. The molecule has 2 aliphatic rings. The van der Waals surface area contributed by atoms with Crippen LogP contribution in [0, 0.1) is 23.7 Å². The fourth-order valence-electron chi connectivity index (χ4n) is 12.9. The second-order valence-electron chi connectivity index (χ2n) is 27.8. The van der Waals surface area contributed by atoms with Gasteiger partial charge in [0.1, 0.15) is 30.0 Å². The average molecular weight is 1470 g/mol. The monoisotopic (exact) mass is 1470 g/mol. The van der Waals surface area contributed by atoms with E-state index in [0.717, 1.165) is 28.3 Å². The smallest absolute Gasteiger partial charge is 0.326 e. The van der Waals surface area contributed by atoms with Gasteiger partial charge >= 0.3 is 41.8 Å². The largest absolute Gasteiger partial charge is 0.481 e. The van der Waals surface area contributed by atoms with Crippen LogP contribution in [-0.4, -0.2) is 256 Å². The number of rotatable bonds is 43. The number of nitrogens with zero attached hydrogens (tertiary/aromatic N) is 4. The number of ketones is 1.